The van der Waals surface area contributed by atoms with Crippen molar-refractivity contribution in [2.75, 3.05) is 0 Å². The first kappa shape index (κ1) is 76.4. The highest BCUT2D eigenvalue weighted by atomic mass is 15.1. The number of rotatable bonds is 10. The van der Waals surface area contributed by atoms with Gasteiger partial charge in [-0.1, -0.05) is 253 Å². The van der Waals surface area contributed by atoms with Gasteiger partial charge in [0.1, 0.15) is 36.4 Å². The van der Waals surface area contributed by atoms with Crippen molar-refractivity contribution < 1.29 is 0 Å². The Morgan fingerprint density at radius 2 is 0.538 bits per heavy atom. The van der Waals surface area contributed by atoms with Gasteiger partial charge >= 0.3 is 0 Å². The fourth-order valence-electron chi connectivity index (χ4n) is 22.3. The zero-order valence-corrected chi connectivity index (χ0v) is 72.5. The summed E-state index contributed by atoms with van der Waals surface area (Å²) in [5.41, 5.74) is 21.0. The van der Waals surface area contributed by atoms with Crippen LogP contribution in [0.5, 0.6) is 0 Å². The minimum Gasteiger partial charge on any atom is -0.308 e. The summed E-state index contributed by atoms with van der Waals surface area (Å²) in [6.45, 7) is 11.4. The predicted molar refractivity (Wildman–Crippen MR) is 538 cm³/mol. The van der Waals surface area contributed by atoms with Crippen LogP contribution in [0, 0.1) is 68.0 Å². The van der Waals surface area contributed by atoms with Crippen LogP contribution in [0.1, 0.15) is 84.7 Å². The lowest BCUT2D eigenvalue weighted by Gasteiger charge is -2.27. The van der Waals surface area contributed by atoms with Crippen molar-refractivity contribution in [3.05, 3.63) is 396 Å². The largest absolute Gasteiger partial charge is 0.308 e. The third kappa shape index (κ3) is 10.8. The first-order chi connectivity index (χ1) is 64.6. The third-order valence-corrected chi connectivity index (χ3v) is 28.1. The number of benzene rings is 19. The lowest BCUT2D eigenvalue weighted by atomic mass is 9.77. The Bertz CT molecular complexity index is 9710. The van der Waals surface area contributed by atoms with Crippen LogP contribution in [0.25, 0.3) is 219 Å². The molecule has 12 nitrogen and oxygen atoms in total. The highest BCUT2D eigenvalue weighted by Gasteiger charge is 2.34. The molecule has 25 aromatic rings. The van der Waals surface area contributed by atoms with Crippen molar-refractivity contribution in [1.82, 2.24) is 27.4 Å². The van der Waals surface area contributed by atoms with Crippen LogP contribution in [-0.2, 0) is 17.3 Å². The molecule has 0 saturated heterocycles. The molecule has 0 N–H and O–H groups in total. The number of nitrogens with zero attached hydrogens (tertiary/aromatic N) is 12. The van der Waals surface area contributed by atoms with E-state index in [0.29, 0.717) is 73.9 Å². The van der Waals surface area contributed by atoms with E-state index < -0.39 is 5.41 Å². The van der Waals surface area contributed by atoms with E-state index >= 15 is 0 Å². The van der Waals surface area contributed by atoms with Gasteiger partial charge in [0, 0.05) is 64.6 Å². The number of nitriles is 6. The van der Waals surface area contributed by atoms with Gasteiger partial charge in [-0.2, -0.15) is 31.6 Å². The summed E-state index contributed by atoms with van der Waals surface area (Å²) >= 11 is 0. The molecule has 25 rings (SSSR count). The van der Waals surface area contributed by atoms with Crippen molar-refractivity contribution in [2.24, 2.45) is 0 Å². The monoisotopic (exact) mass is 1680 g/mol. The van der Waals surface area contributed by atoms with E-state index in [1.807, 2.05) is 66.7 Å². The molecule has 132 heavy (non-hydrogen) atoms. The number of fused-ring (bicyclic) bond motifs is 26. The van der Waals surface area contributed by atoms with Gasteiger partial charge in [-0.15, -0.1) is 0 Å². The van der Waals surface area contributed by atoms with E-state index in [0.717, 1.165) is 196 Å². The molecule has 0 saturated carbocycles. The first-order valence-electron chi connectivity index (χ1n) is 44.4. The Hall–Kier alpha value is -18.0. The molecule has 6 heterocycles. The zero-order valence-electron chi connectivity index (χ0n) is 72.5. The summed E-state index contributed by atoms with van der Waals surface area (Å²) in [6, 6.07) is 136. The number of para-hydroxylation sites is 5. The maximum Gasteiger partial charge on any atom is 0.101 e. The van der Waals surface area contributed by atoms with Gasteiger partial charge in [-0.3, -0.25) is 0 Å². The molecule has 0 radical (unpaired) electrons. The van der Waals surface area contributed by atoms with Gasteiger partial charge < -0.3 is 27.4 Å². The standard InChI is InChI=1S/C120H74N12/c1-119(2,3)81-48-54-101-94(61-81)111-84-26-9-6-23-70(84)45-51-104(111)128(101)109-60-79(68-125)108(59-80(109)69-126)127-100-39-21-16-33-92(100)110-87(34-22-40-103(110)127)77-57-78(83-50-56-107-114(93(83)58-77)113-86-28-11-8-25-72(86)47-53-106(113)132(107)118-76(67-124)44-42-74(65-122)116(118)130-98-37-19-14-31-90(98)91-32-15-20-38-99(91)130)63-120(4,5)82-49-55-102-95(62-82)112-85-27-10-7-24-71(85)46-52-105(112)131(102)117-75(66-123)43-41-73(64-121)115(117)129-96-35-17-12-29-88(96)89-30-13-18-36-97(89)129/h6-62H,63H2,1-5H3. The molecule has 19 aromatic carbocycles. The Labute approximate surface area is 757 Å². The second-order valence-corrected chi connectivity index (χ2v) is 36.6. The molecule has 0 aliphatic carbocycles. The second-order valence-electron chi connectivity index (χ2n) is 36.6. The summed E-state index contributed by atoms with van der Waals surface area (Å²) in [4.78, 5) is 0. The molecule has 0 aliphatic rings. The summed E-state index contributed by atoms with van der Waals surface area (Å²) in [5, 5.41) is 90.6. The van der Waals surface area contributed by atoms with E-state index in [4.69, 9.17) is 0 Å². The summed E-state index contributed by atoms with van der Waals surface area (Å²) in [6.07, 6.45) is 0.515. The van der Waals surface area contributed by atoms with Gasteiger partial charge in [0.25, 0.3) is 0 Å². The quantitative estimate of drug-likeness (QED) is 0.132. The van der Waals surface area contributed by atoms with E-state index in [1.165, 1.54) is 5.56 Å². The van der Waals surface area contributed by atoms with Gasteiger partial charge in [0.2, 0.25) is 0 Å². The van der Waals surface area contributed by atoms with Crippen molar-refractivity contribution in [3.63, 3.8) is 0 Å². The molecular formula is C120H74N12. The molecule has 0 aliphatic heterocycles. The molecule has 0 amide bonds. The molecule has 0 unspecified atom stereocenters. The molecular weight excluding hydrogens is 1610 g/mol. The molecule has 0 bridgehead atoms. The predicted octanol–water partition coefficient (Wildman–Crippen LogP) is 29.6. The molecule has 0 fully saturated rings. The minimum atomic E-state index is -0.652. The smallest absolute Gasteiger partial charge is 0.101 e. The zero-order chi connectivity index (χ0) is 89.0. The van der Waals surface area contributed by atoms with E-state index in [-0.39, 0.29) is 5.41 Å². The Morgan fingerprint density at radius 1 is 0.220 bits per heavy atom. The highest BCUT2D eigenvalue weighted by Crippen LogP contribution is 2.52. The van der Waals surface area contributed by atoms with Crippen molar-refractivity contribution >= 4 is 174 Å². The molecule has 0 atom stereocenters. The normalized spacial score (nSPS) is 12.1. The fraction of sp³-hybridized carbons (Fsp3) is 0.0667. The number of hydrogen-bond acceptors (Lipinski definition) is 6. The second kappa shape index (κ2) is 28.5. The Morgan fingerprint density at radius 3 is 0.985 bits per heavy atom. The van der Waals surface area contributed by atoms with Crippen molar-refractivity contribution in [3.8, 4) is 81.7 Å². The number of aromatic nitrogens is 6. The van der Waals surface area contributed by atoms with Crippen LogP contribution in [0.4, 0.5) is 0 Å². The van der Waals surface area contributed by atoms with E-state index in [1.54, 1.807) is 24.3 Å². The maximum atomic E-state index is 11.9. The van der Waals surface area contributed by atoms with Gasteiger partial charge in [-0.05, 0) is 216 Å². The van der Waals surface area contributed by atoms with Crippen molar-refractivity contribution in [2.45, 2.75) is 51.9 Å². The Balaban J connectivity index is 0.750. The Kier molecular flexibility index (Phi) is 16.5. The average Bonchev–Trinajstić information content (AvgIpc) is 1.52. The minimum absolute atomic E-state index is 0.149. The van der Waals surface area contributed by atoms with Crippen LogP contribution in [0.15, 0.2) is 346 Å². The highest BCUT2D eigenvalue weighted by molar-refractivity contribution is 6.31. The maximum absolute atomic E-state index is 11.9. The van der Waals surface area contributed by atoms with E-state index in [2.05, 4.69) is 353 Å². The van der Waals surface area contributed by atoms with Gasteiger partial charge in [0.05, 0.1) is 134 Å². The molecule has 0 spiro atoms. The lowest BCUT2D eigenvalue weighted by molar-refractivity contribution is 0.525. The molecule has 6 aromatic heterocycles. The summed E-state index contributed by atoms with van der Waals surface area (Å²) < 4.78 is 13.2. The van der Waals surface area contributed by atoms with Gasteiger partial charge in [0.15, 0.2) is 0 Å². The number of hydrogen-bond donors (Lipinski definition) is 0. The average molecular weight is 1680 g/mol. The topological polar surface area (TPSA) is 172 Å². The fourth-order valence-corrected chi connectivity index (χ4v) is 22.3. The summed E-state index contributed by atoms with van der Waals surface area (Å²) in [5.74, 6) is 0. The van der Waals surface area contributed by atoms with Gasteiger partial charge in [-0.25, -0.2) is 0 Å². The van der Waals surface area contributed by atoms with Crippen LogP contribution in [0.3, 0.4) is 0 Å². The van der Waals surface area contributed by atoms with Crippen molar-refractivity contribution in [1.29, 1.82) is 31.6 Å². The third-order valence-electron chi connectivity index (χ3n) is 28.1. The first-order valence-corrected chi connectivity index (χ1v) is 44.4. The SMILES string of the molecule is CC(C)(C)c1ccc2c(c1)c1c3ccccc3ccc1n2-c1cc(C#N)c(-n2c3ccccc3c3c(-c4cc(CC(C)(C)c5ccc6c(c5)c5c7ccccc7ccc5n6-c5c(C#N)ccc(C#N)c5-n5c6ccccc6c6ccccc65)c5ccc6c(c5c4)c4c5ccccc5ccc4n6-c4c(C#N)ccc(C#N)c4-n4c5ccccc5c5ccccc54)cccc32)cc1C#N. The molecule has 614 valence electrons. The van der Waals surface area contributed by atoms with E-state index in [9.17, 15) is 31.6 Å². The van der Waals surface area contributed by atoms with Crippen LogP contribution in [0.2, 0.25) is 0 Å². The summed E-state index contributed by atoms with van der Waals surface area (Å²) in [7, 11) is 0. The van der Waals surface area contributed by atoms with Crippen LogP contribution >= 0.6 is 0 Å². The van der Waals surface area contributed by atoms with Crippen LogP contribution in [-0.4, -0.2) is 27.4 Å². The molecule has 12 heteroatoms. The lowest BCUT2D eigenvalue weighted by Crippen LogP contribution is -2.20. The van der Waals surface area contributed by atoms with Crippen LogP contribution < -0.4 is 0 Å².